The third-order valence-electron chi connectivity index (χ3n) is 6.09. The van der Waals surface area contributed by atoms with E-state index >= 15 is 0 Å². The standard InChI is InChI=1S/C22H24Cl2N2O6S/c23-16-2-1-3-21(22(16)24)33(27,28)25-10-14-4-6-26(7-5-14)11-15-12-29-19-8-17-18(31-13-30-17)9-20(19)32-15/h1-3,8-9,14-15,25H,4-7,10-13H2. The predicted molar refractivity (Wildman–Crippen MR) is 123 cm³/mol. The topological polar surface area (TPSA) is 86.3 Å². The molecule has 1 fully saturated rings. The molecule has 1 atom stereocenters. The van der Waals surface area contributed by atoms with Crippen molar-refractivity contribution >= 4 is 33.2 Å². The van der Waals surface area contributed by atoms with Crippen LogP contribution in [0.4, 0.5) is 0 Å². The lowest BCUT2D eigenvalue weighted by molar-refractivity contribution is 0.0479. The maximum atomic E-state index is 12.6. The zero-order valence-corrected chi connectivity index (χ0v) is 20.1. The second-order valence-electron chi connectivity index (χ2n) is 8.35. The summed E-state index contributed by atoms with van der Waals surface area (Å²) >= 11 is 12.0. The third kappa shape index (κ3) is 4.97. The molecular weight excluding hydrogens is 491 g/mol. The average molecular weight is 515 g/mol. The first-order chi connectivity index (χ1) is 15.9. The molecule has 0 saturated carbocycles. The molecule has 3 aliphatic rings. The molecule has 0 aliphatic carbocycles. The van der Waals surface area contributed by atoms with Crippen molar-refractivity contribution in [1.82, 2.24) is 9.62 Å². The van der Waals surface area contributed by atoms with Gasteiger partial charge in [-0.1, -0.05) is 29.3 Å². The number of fused-ring (bicyclic) bond motifs is 2. The van der Waals surface area contributed by atoms with E-state index in [9.17, 15) is 8.42 Å². The Morgan fingerprint density at radius 3 is 2.45 bits per heavy atom. The van der Waals surface area contributed by atoms with Crippen LogP contribution in [0.15, 0.2) is 35.2 Å². The largest absolute Gasteiger partial charge is 0.486 e. The monoisotopic (exact) mass is 514 g/mol. The van der Waals surface area contributed by atoms with Crippen LogP contribution in [0.25, 0.3) is 0 Å². The number of nitrogens with zero attached hydrogens (tertiary/aromatic N) is 1. The molecule has 2 aromatic carbocycles. The van der Waals surface area contributed by atoms with Crippen molar-refractivity contribution in [2.75, 3.05) is 39.6 Å². The molecule has 5 rings (SSSR count). The summed E-state index contributed by atoms with van der Waals surface area (Å²) in [4.78, 5) is 2.33. The van der Waals surface area contributed by atoms with Crippen LogP contribution in [0.1, 0.15) is 12.8 Å². The molecule has 0 amide bonds. The zero-order chi connectivity index (χ0) is 23.0. The van der Waals surface area contributed by atoms with E-state index in [4.69, 9.17) is 42.1 Å². The minimum atomic E-state index is -3.72. The van der Waals surface area contributed by atoms with Gasteiger partial charge >= 0.3 is 0 Å². The Morgan fingerprint density at radius 2 is 1.70 bits per heavy atom. The van der Waals surface area contributed by atoms with E-state index in [1.807, 2.05) is 6.07 Å². The van der Waals surface area contributed by atoms with E-state index < -0.39 is 10.0 Å². The fourth-order valence-electron chi connectivity index (χ4n) is 4.25. The third-order valence-corrected chi connectivity index (χ3v) is 8.49. The molecule has 2 aromatic rings. The van der Waals surface area contributed by atoms with Crippen molar-refractivity contribution in [3.05, 3.63) is 40.4 Å². The first-order valence-corrected chi connectivity index (χ1v) is 13.0. The minimum absolute atomic E-state index is 0.00596. The lowest BCUT2D eigenvalue weighted by atomic mass is 9.97. The summed E-state index contributed by atoms with van der Waals surface area (Å²) < 4.78 is 50.8. The predicted octanol–water partition coefficient (Wildman–Crippen LogP) is 3.55. The number of rotatable bonds is 6. The Labute approximate surface area is 202 Å². The van der Waals surface area contributed by atoms with Crippen LogP contribution in [-0.2, 0) is 10.0 Å². The summed E-state index contributed by atoms with van der Waals surface area (Å²) in [5.41, 5.74) is 0. The van der Waals surface area contributed by atoms with Gasteiger partial charge in [0.15, 0.2) is 23.0 Å². The van der Waals surface area contributed by atoms with E-state index in [2.05, 4.69) is 9.62 Å². The van der Waals surface area contributed by atoms with Crippen LogP contribution >= 0.6 is 23.2 Å². The van der Waals surface area contributed by atoms with Gasteiger partial charge in [0.25, 0.3) is 0 Å². The second-order valence-corrected chi connectivity index (χ2v) is 10.9. The lowest BCUT2D eigenvalue weighted by Gasteiger charge is -2.35. The lowest BCUT2D eigenvalue weighted by Crippen LogP contribution is -2.45. The maximum Gasteiger partial charge on any atom is 0.242 e. The van der Waals surface area contributed by atoms with Crippen molar-refractivity contribution < 1.29 is 27.4 Å². The maximum absolute atomic E-state index is 12.6. The number of hydrogen-bond donors (Lipinski definition) is 1. The molecule has 11 heteroatoms. The molecule has 33 heavy (non-hydrogen) atoms. The molecule has 1 saturated heterocycles. The Bertz CT molecular complexity index is 1140. The molecule has 3 heterocycles. The van der Waals surface area contributed by atoms with Crippen molar-refractivity contribution in [3.63, 3.8) is 0 Å². The molecule has 0 bridgehead atoms. The van der Waals surface area contributed by atoms with Gasteiger partial charge in [-0.05, 0) is 44.0 Å². The van der Waals surface area contributed by atoms with E-state index in [1.54, 1.807) is 18.2 Å². The highest BCUT2D eigenvalue weighted by molar-refractivity contribution is 7.89. The van der Waals surface area contributed by atoms with Gasteiger partial charge in [0.2, 0.25) is 16.8 Å². The van der Waals surface area contributed by atoms with Crippen LogP contribution < -0.4 is 23.7 Å². The van der Waals surface area contributed by atoms with Gasteiger partial charge in [-0.3, -0.25) is 4.90 Å². The van der Waals surface area contributed by atoms with Gasteiger partial charge in [0.1, 0.15) is 17.6 Å². The average Bonchev–Trinajstić information content (AvgIpc) is 3.26. The minimum Gasteiger partial charge on any atom is -0.486 e. The molecule has 0 radical (unpaired) electrons. The highest BCUT2D eigenvalue weighted by Gasteiger charge is 2.29. The Morgan fingerprint density at radius 1 is 1.00 bits per heavy atom. The number of hydrogen-bond acceptors (Lipinski definition) is 7. The quantitative estimate of drug-likeness (QED) is 0.630. The first kappa shape index (κ1) is 22.9. The Kier molecular flexibility index (Phi) is 6.50. The van der Waals surface area contributed by atoms with Gasteiger partial charge in [0.05, 0.1) is 10.0 Å². The molecule has 1 N–H and O–H groups in total. The van der Waals surface area contributed by atoms with E-state index in [1.165, 1.54) is 6.07 Å². The van der Waals surface area contributed by atoms with Crippen molar-refractivity contribution in [3.8, 4) is 23.0 Å². The molecule has 8 nitrogen and oxygen atoms in total. The number of sulfonamides is 1. The zero-order valence-electron chi connectivity index (χ0n) is 17.8. The van der Waals surface area contributed by atoms with Gasteiger partial charge in [-0.2, -0.15) is 0 Å². The Hall–Kier alpha value is -1.91. The molecule has 1 unspecified atom stereocenters. The van der Waals surface area contributed by atoms with Crippen LogP contribution in [0, 0.1) is 5.92 Å². The number of benzene rings is 2. The summed E-state index contributed by atoms with van der Waals surface area (Å²) in [6.45, 7) is 3.50. The summed E-state index contributed by atoms with van der Waals surface area (Å²) in [5.74, 6) is 2.92. The highest BCUT2D eigenvalue weighted by Crippen LogP contribution is 2.44. The summed E-state index contributed by atoms with van der Waals surface area (Å²) in [6.07, 6.45) is 1.68. The second kappa shape index (κ2) is 9.38. The van der Waals surface area contributed by atoms with Crippen molar-refractivity contribution in [2.24, 2.45) is 5.92 Å². The van der Waals surface area contributed by atoms with Crippen LogP contribution in [0.5, 0.6) is 23.0 Å². The normalized spacial score (nSPS) is 20.7. The van der Waals surface area contributed by atoms with Gasteiger partial charge in [0, 0.05) is 25.2 Å². The molecule has 3 aliphatic heterocycles. The number of piperidine rings is 1. The van der Waals surface area contributed by atoms with Crippen molar-refractivity contribution in [1.29, 1.82) is 0 Å². The van der Waals surface area contributed by atoms with E-state index in [-0.39, 0.29) is 33.8 Å². The Balaban J connectivity index is 1.10. The van der Waals surface area contributed by atoms with Gasteiger partial charge < -0.3 is 18.9 Å². The fraction of sp³-hybridized carbons (Fsp3) is 0.455. The van der Waals surface area contributed by atoms with Gasteiger partial charge in [-0.25, -0.2) is 13.1 Å². The van der Waals surface area contributed by atoms with E-state index in [0.717, 1.165) is 32.5 Å². The SMILES string of the molecule is O=S(=O)(NCC1CCN(CC2COc3cc4c(cc3O2)OCO4)CC1)c1cccc(Cl)c1Cl. The number of nitrogens with one attached hydrogen (secondary N) is 1. The van der Waals surface area contributed by atoms with E-state index in [0.29, 0.717) is 36.1 Å². The number of ether oxygens (including phenoxy) is 4. The first-order valence-electron chi connectivity index (χ1n) is 10.8. The number of halogens is 2. The summed E-state index contributed by atoms with van der Waals surface area (Å²) in [5, 5.41) is 0.261. The fourth-order valence-corrected chi connectivity index (χ4v) is 6.13. The number of likely N-dealkylation sites (tertiary alicyclic amines) is 1. The highest BCUT2D eigenvalue weighted by atomic mass is 35.5. The van der Waals surface area contributed by atoms with Crippen molar-refractivity contribution in [2.45, 2.75) is 23.8 Å². The molecular formula is C22H24Cl2N2O6S. The summed E-state index contributed by atoms with van der Waals surface area (Å²) in [6, 6.07) is 8.21. The molecule has 178 valence electrons. The smallest absolute Gasteiger partial charge is 0.242 e. The van der Waals surface area contributed by atoms with Crippen LogP contribution in [-0.4, -0.2) is 59.0 Å². The molecule has 0 aromatic heterocycles. The van der Waals surface area contributed by atoms with Crippen LogP contribution in [0.3, 0.4) is 0 Å². The van der Waals surface area contributed by atoms with Crippen LogP contribution in [0.2, 0.25) is 10.0 Å². The summed E-state index contributed by atoms with van der Waals surface area (Å²) in [7, 11) is -3.72. The van der Waals surface area contributed by atoms with Gasteiger partial charge in [-0.15, -0.1) is 0 Å². The molecule has 0 spiro atoms.